The molecule has 0 spiro atoms. The lowest BCUT2D eigenvalue weighted by atomic mass is 9.95. The Hall–Kier alpha value is -1.93. The van der Waals surface area contributed by atoms with Crippen LogP contribution in [0.2, 0.25) is 0 Å². The van der Waals surface area contributed by atoms with Crippen molar-refractivity contribution in [3.63, 3.8) is 0 Å². The highest BCUT2D eigenvalue weighted by Crippen LogP contribution is 2.33. The van der Waals surface area contributed by atoms with E-state index in [9.17, 15) is 14.4 Å². The summed E-state index contributed by atoms with van der Waals surface area (Å²) in [4.78, 5) is 41.9. The van der Waals surface area contributed by atoms with Gasteiger partial charge in [0.1, 0.15) is 5.00 Å². The van der Waals surface area contributed by atoms with Crippen LogP contribution < -0.4 is 5.32 Å². The molecule has 1 aliphatic heterocycles. The number of likely N-dealkylation sites (tertiary alicyclic amines) is 1. The minimum absolute atomic E-state index is 0.0488. The second-order valence-electron chi connectivity index (χ2n) is 7.09. The Kier molecular flexibility index (Phi) is 8.00. The maximum atomic E-state index is 12.5. The van der Waals surface area contributed by atoms with Gasteiger partial charge in [-0.05, 0) is 59.2 Å². The summed E-state index contributed by atoms with van der Waals surface area (Å²) in [6.07, 6.45) is 1.54. The third-order valence-electron chi connectivity index (χ3n) is 5.41. The molecule has 1 saturated heterocycles. The summed E-state index contributed by atoms with van der Waals surface area (Å²) in [7, 11) is 1.34. The van der Waals surface area contributed by atoms with Crippen molar-refractivity contribution in [3.05, 3.63) is 16.0 Å². The second kappa shape index (κ2) is 10.0. The van der Waals surface area contributed by atoms with Crippen LogP contribution in [-0.4, -0.2) is 67.4 Å². The van der Waals surface area contributed by atoms with Gasteiger partial charge in [-0.2, -0.15) is 0 Å². The van der Waals surface area contributed by atoms with Gasteiger partial charge in [-0.15, -0.1) is 11.3 Å². The number of ether oxygens (including phenoxy) is 1. The van der Waals surface area contributed by atoms with Gasteiger partial charge >= 0.3 is 5.97 Å². The fourth-order valence-electron chi connectivity index (χ4n) is 3.56. The summed E-state index contributed by atoms with van der Waals surface area (Å²) < 4.78 is 4.84. The number of hydrogen-bond donors (Lipinski definition) is 1. The molecule has 0 aromatic carbocycles. The van der Waals surface area contributed by atoms with E-state index in [4.69, 9.17) is 4.74 Å². The molecule has 0 radical (unpaired) electrons. The van der Waals surface area contributed by atoms with Crippen molar-refractivity contribution in [3.8, 4) is 0 Å². The van der Waals surface area contributed by atoms with Crippen LogP contribution >= 0.6 is 11.3 Å². The first-order valence-electron chi connectivity index (χ1n) is 9.81. The first-order chi connectivity index (χ1) is 13.3. The van der Waals surface area contributed by atoms with Crippen molar-refractivity contribution in [2.24, 2.45) is 5.92 Å². The molecule has 28 heavy (non-hydrogen) atoms. The Labute approximate surface area is 171 Å². The SMILES string of the molecule is CCN(CC)C(=O)C1CCN(CC(=O)Nc2sc(C)c(C)c2C(=O)OC)CC1. The minimum Gasteiger partial charge on any atom is -0.465 e. The summed E-state index contributed by atoms with van der Waals surface area (Å²) in [6, 6.07) is 0. The number of rotatable bonds is 7. The van der Waals surface area contributed by atoms with Crippen molar-refractivity contribution in [2.45, 2.75) is 40.5 Å². The average Bonchev–Trinajstić information content (AvgIpc) is 2.95. The van der Waals surface area contributed by atoms with E-state index in [0.717, 1.165) is 49.5 Å². The Morgan fingerprint density at radius 1 is 1.18 bits per heavy atom. The first-order valence-corrected chi connectivity index (χ1v) is 10.6. The average molecular weight is 410 g/mol. The number of aryl methyl sites for hydroxylation is 1. The quantitative estimate of drug-likeness (QED) is 0.701. The lowest BCUT2D eigenvalue weighted by molar-refractivity contribution is -0.136. The highest BCUT2D eigenvalue weighted by molar-refractivity contribution is 7.16. The standard InChI is InChI=1S/C20H31N3O4S/c1-6-23(7-2)19(25)15-8-10-22(11-9-15)12-16(24)21-18-17(20(26)27-5)13(3)14(4)28-18/h15H,6-12H2,1-5H3,(H,21,24). The number of methoxy groups -OCH3 is 1. The van der Waals surface area contributed by atoms with Crippen molar-refractivity contribution in [1.29, 1.82) is 0 Å². The monoisotopic (exact) mass is 409 g/mol. The Morgan fingerprint density at radius 3 is 2.32 bits per heavy atom. The molecule has 1 aromatic heterocycles. The molecule has 1 fully saturated rings. The summed E-state index contributed by atoms with van der Waals surface area (Å²) in [6.45, 7) is 10.9. The van der Waals surface area contributed by atoms with Crippen LogP contribution in [0.1, 0.15) is 47.5 Å². The summed E-state index contributed by atoms with van der Waals surface area (Å²) >= 11 is 1.39. The van der Waals surface area contributed by atoms with Gasteiger partial charge in [0.2, 0.25) is 11.8 Å². The highest BCUT2D eigenvalue weighted by Gasteiger charge is 2.28. The Bertz CT molecular complexity index is 719. The largest absolute Gasteiger partial charge is 0.465 e. The number of carbonyl (C=O) groups excluding carboxylic acids is 3. The molecule has 0 unspecified atom stereocenters. The summed E-state index contributed by atoms with van der Waals surface area (Å²) in [5.41, 5.74) is 1.27. The number of anilines is 1. The third-order valence-corrected chi connectivity index (χ3v) is 6.53. The molecule has 7 nitrogen and oxygen atoms in total. The molecular formula is C20H31N3O4S. The van der Waals surface area contributed by atoms with E-state index in [1.807, 2.05) is 32.6 Å². The predicted molar refractivity (Wildman–Crippen MR) is 111 cm³/mol. The molecule has 1 aromatic rings. The van der Waals surface area contributed by atoms with Gasteiger partial charge in [0.25, 0.3) is 0 Å². The molecule has 0 atom stereocenters. The Balaban J connectivity index is 1.91. The fourth-order valence-corrected chi connectivity index (χ4v) is 4.63. The first kappa shape index (κ1) is 22.4. The maximum absolute atomic E-state index is 12.5. The Morgan fingerprint density at radius 2 is 1.79 bits per heavy atom. The van der Waals surface area contributed by atoms with Gasteiger partial charge in [-0.3, -0.25) is 14.5 Å². The van der Waals surface area contributed by atoms with Crippen LogP contribution in [-0.2, 0) is 14.3 Å². The van der Waals surface area contributed by atoms with Crippen LogP contribution in [0.3, 0.4) is 0 Å². The lowest BCUT2D eigenvalue weighted by Gasteiger charge is -2.33. The topological polar surface area (TPSA) is 79.0 Å². The smallest absolute Gasteiger partial charge is 0.341 e. The third kappa shape index (κ3) is 5.11. The molecular weight excluding hydrogens is 378 g/mol. The summed E-state index contributed by atoms with van der Waals surface area (Å²) in [5.74, 6) is -0.318. The molecule has 0 bridgehead atoms. The molecule has 1 N–H and O–H groups in total. The molecule has 0 saturated carbocycles. The van der Waals surface area contributed by atoms with Crippen LogP contribution in [0.25, 0.3) is 0 Å². The van der Waals surface area contributed by atoms with Gasteiger partial charge in [0.15, 0.2) is 0 Å². The van der Waals surface area contributed by atoms with E-state index < -0.39 is 5.97 Å². The van der Waals surface area contributed by atoms with Crippen molar-refractivity contribution in [2.75, 3.05) is 45.2 Å². The normalized spacial score (nSPS) is 15.3. The molecule has 2 amide bonds. The number of nitrogens with one attached hydrogen (secondary N) is 1. The molecule has 2 heterocycles. The van der Waals surface area contributed by atoms with Gasteiger partial charge in [-0.1, -0.05) is 0 Å². The number of carbonyl (C=O) groups is 3. The lowest BCUT2D eigenvalue weighted by Crippen LogP contribution is -2.44. The van der Waals surface area contributed by atoms with Gasteiger partial charge in [0.05, 0.1) is 19.2 Å². The zero-order valence-corrected chi connectivity index (χ0v) is 18.3. The molecule has 8 heteroatoms. The van der Waals surface area contributed by atoms with Gasteiger partial charge in [-0.25, -0.2) is 4.79 Å². The van der Waals surface area contributed by atoms with E-state index in [0.29, 0.717) is 10.6 Å². The molecule has 2 rings (SSSR count). The van der Waals surface area contributed by atoms with E-state index in [1.54, 1.807) is 0 Å². The van der Waals surface area contributed by atoms with Crippen LogP contribution in [0, 0.1) is 19.8 Å². The van der Waals surface area contributed by atoms with Gasteiger partial charge < -0.3 is 15.0 Å². The van der Waals surface area contributed by atoms with Crippen LogP contribution in [0.5, 0.6) is 0 Å². The second-order valence-corrected chi connectivity index (χ2v) is 8.31. The molecule has 1 aliphatic rings. The minimum atomic E-state index is -0.437. The van der Waals surface area contributed by atoms with E-state index in [2.05, 4.69) is 10.2 Å². The van der Waals surface area contributed by atoms with E-state index in [-0.39, 0.29) is 24.3 Å². The number of nitrogens with zero attached hydrogens (tertiary/aromatic N) is 2. The van der Waals surface area contributed by atoms with E-state index >= 15 is 0 Å². The number of hydrogen-bond acceptors (Lipinski definition) is 6. The fraction of sp³-hybridized carbons (Fsp3) is 0.650. The zero-order chi connectivity index (χ0) is 20.8. The predicted octanol–water partition coefficient (Wildman–Crippen LogP) is 2.67. The number of piperidine rings is 1. The molecule has 156 valence electrons. The highest BCUT2D eigenvalue weighted by atomic mass is 32.1. The number of amides is 2. The van der Waals surface area contributed by atoms with Crippen LogP contribution in [0.15, 0.2) is 0 Å². The van der Waals surface area contributed by atoms with Crippen LogP contribution in [0.4, 0.5) is 5.00 Å². The van der Waals surface area contributed by atoms with Gasteiger partial charge in [0, 0.05) is 23.9 Å². The molecule has 0 aliphatic carbocycles. The number of thiophene rings is 1. The zero-order valence-electron chi connectivity index (χ0n) is 17.5. The summed E-state index contributed by atoms with van der Waals surface area (Å²) in [5, 5.41) is 3.41. The van der Waals surface area contributed by atoms with Crippen molar-refractivity contribution >= 4 is 34.1 Å². The van der Waals surface area contributed by atoms with Crippen molar-refractivity contribution in [1.82, 2.24) is 9.80 Å². The van der Waals surface area contributed by atoms with Crippen molar-refractivity contribution < 1.29 is 19.1 Å². The van der Waals surface area contributed by atoms with E-state index in [1.165, 1.54) is 18.4 Å². The number of esters is 1. The maximum Gasteiger partial charge on any atom is 0.341 e.